The molecule has 1 aromatic heterocycles. The van der Waals surface area contributed by atoms with E-state index >= 15 is 0 Å². The molecule has 0 bridgehead atoms. The number of rotatable bonds is 7. The first-order chi connectivity index (χ1) is 13.8. The van der Waals surface area contributed by atoms with Gasteiger partial charge in [0.15, 0.2) is 0 Å². The van der Waals surface area contributed by atoms with E-state index in [4.69, 9.17) is 16.3 Å². The largest absolute Gasteiger partial charge is 0.497 e. The van der Waals surface area contributed by atoms with Crippen molar-refractivity contribution < 1.29 is 17.9 Å². The van der Waals surface area contributed by atoms with Crippen LogP contribution in [0.25, 0.3) is 0 Å². The van der Waals surface area contributed by atoms with Crippen molar-refractivity contribution >= 4 is 33.0 Å². The van der Waals surface area contributed by atoms with Crippen molar-refractivity contribution in [1.29, 1.82) is 0 Å². The molecule has 9 heteroatoms. The van der Waals surface area contributed by atoms with Gasteiger partial charge in [-0.1, -0.05) is 11.6 Å². The van der Waals surface area contributed by atoms with Gasteiger partial charge in [-0.05, 0) is 48.9 Å². The highest BCUT2D eigenvalue weighted by Gasteiger charge is 2.20. The zero-order chi connectivity index (χ0) is 21.0. The summed E-state index contributed by atoms with van der Waals surface area (Å²) in [5.74, 6) is 0.0549. The lowest BCUT2D eigenvalue weighted by atomic mass is 10.3. The first-order valence-corrected chi connectivity index (χ1v) is 10.6. The summed E-state index contributed by atoms with van der Waals surface area (Å²) in [6.07, 6.45) is 3.75. The standard InChI is InChI=1S/C20H20ClN3O4S/c1-14-12-22-24(13-14)8-7-20(25)23-16-9-17(28-2)11-19(10-16)29(26,27)18-5-3-15(21)4-6-18/h3-6,9-13H,7-8H2,1-2H3,(H,23,25). The Morgan fingerprint density at radius 2 is 1.90 bits per heavy atom. The van der Waals surface area contributed by atoms with E-state index in [2.05, 4.69) is 10.4 Å². The molecule has 1 amide bonds. The van der Waals surface area contributed by atoms with E-state index in [0.29, 0.717) is 23.0 Å². The van der Waals surface area contributed by atoms with E-state index in [0.717, 1.165) is 5.56 Å². The molecule has 0 aliphatic carbocycles. The predicted octanol–water partition coefficient (Wildman–Crippen LogP) is 3.72. The number of benzene rings is 2. The number of aryl methyl sites for hydroxylation is 2. The molecule has 0 atom stereocenters. The molecule has 29 heavy (non-hydrogen) atoms. The molecule has 3 aromatic rings. The van der Waals surface area contributed by atoms with Gasteiger partial charge < -0.3 is 10.1 Å². The Morgan fingerprint density at radius 1 is 1.17 bits per heavy atom. The van der Waals surface area contributed by atoms with Crippen LogP contribution < -0.4 is 10.1 Å². The number of methoxy groups -OCH3 is 1. The molecule has 3 rings (SSSR count). The molecular formula is C20H20ClN3O4S. The molecule has 1 heterocycles. The average molecular weight is 434 g/mol. The molecule has 0 aliphatic rings. The number of aromatic nitrogens is 2. The second kappa shape index (κ2) is 8.67. The van der Waals surface area contributed by atoms with Crippen LogP contribution in [0.4, 0.5) is 5.69 Å². The van der Waals surface area contributed by atoms with Crippen LogP contribution in [0.3, 0.4) is 0 Å². The summed E-state index contributed by atoms with van der Waals surface area (Å²) < 4.78 is 32.8. The summed E-state index contributed by atoms with van der Waals surface area (Å²) in [6, 6.07) is 10.3. The van der Waals surface area contributed by atoms with E-state index in [1.807, 2.05) is 13.1 Å². The summed E-state index contributed by atoms with van der Waals surface area (Å²) in [4.78, 5) is 12.4. The molecule has 0 saturated carbocycles. The maximum Gasteiger partial charge on any atom is 0.226 e. The van der Waals surface area contributed by atoms with Crippen molar-refractivity contribution in [2.75, 3.05) is 12.4 Å². The van der Waals surface area contributed by atoms with Gasteiger partial charge in [-0.3, -0.25) is 9.48 Å². The van der Waals surface area contributed by atoms with Gasteiger partial charge in [-0.25, -0.2) is 8.42 Å². The summed E-state index contributed by atoms with van der Waals surface area (Å²) in [7, 11) is -2.37. The number of amides is 1. The number of hydrogen-bond acceptors (Lipinski definition) is 5. The third-order valence-electron chi connectivity index (χ3n) is 4.16. The van der Waals surface area contributed by atoms with Gasteiger partial charge in [-0.2, -0.15) is 5.10 Å². The van der Waals surface area contributed by atoms with Crippen LogP contribution in [-0.4, -0.2) is 31.2 Å². The summed E-state index contributed by atoms with van der Waals surface area (Å²) >= 11 is 5.84. The van der Waals surface area contributed by atoms with Crippen LogP contribution in [0, 0.1) is 6.92 Å². The van der Waals surface area contributed by atoms with Crippen LogP contribution in [0.5, 0.6) is 5.75 Å². The van der Waals surface area contributed by atoms with Gasteiger partial charge in [0.05, 0.1) is 23.1 Å². The Hall–Kier alpha value is -2.84. The third kappa shape index (κ3) is 5.16. The summed E-state index contributed by atoms with van der Waals surface area (Å²) in [5, 5.41) is 7.30. The Kier molecular flexibility index (Phi) is 6.24. The molecule has 7 nitrogen and oxygen atoms in total. The first kappa shape index (κ1) is 20.9. The highest BCUT2D eigenvalue weighted by Crippen LogP contribution is 2.29. The molecule has 0 unspecified atom stereocenters. The normalized spacial score (nSPS) is 11.3. The number of ether oxygens (including phenoxy) is 1. The Morgan fingerprint density at radius 3 is 2.52 bits per heavy atom. The van der Waals surface area contributed by atoms with E-state index in [1.165, 1.54) is 43.5 Å². The second-order valence-electron chi connectivity index (χ2n) is 6.43. The fraction of sp³-hybridized carbons (Fsp3) is 0.200. The smallest absolute Gasteiger partial charge is 0.226 e. The molecule has 0 spiro atoms. The van der Waals surface area contributed by atoms with E-state index in [-0.39, 0.29) is 22.1 Å². The van der Waals surface area contributed by atoms with Crippen molar-refractivity contribution in [1.82, 2.24) is 9.78 Å². The molecule has 0 radical (unpaired) electrons. The van der Waals surface area contributed by atoms with Crippen molar-refractivity contribution in [3.8, 4) is 5.75 Å². The highest BCUT2D eigenvalue weighted by molar-refractivity contribution is 7.91. The number of carbonyl (C=O) groups excluding carboxylic acids is 1. The zero-order valence-corrected chi connectivity index (χ0v) is 17.5. The minimum absolute atomic E-state index is 0.0113. The maximum atomic E-state index is 12.9. The molecule has 0 aliphatic heterocycles. The van der Waals surface area contributed by atoms with Gasteiger partial charge in [0.2, 0.25) is 15.7 Å². The lowest BCUT2D eigenvalue weighted by Crippen LogP contribution is -2.15. The van der Waals surface area contributed by atoms with E-state index in [9.17, 15) is 13.2 Å². The second-order valence-corrected chi connectivity index (χ2v) is 8.82. The van der Waals surface area contributed by atoms with Gasteiger partial charge in [0.25, 0.3) is 0 Å². The fourth-order valence-electron chi connectivity index (χ4n) is 2.70. The van der Waals surface area contributed by atoms with Crippen molar-refractivity contribution in [3.63, 3.8) is 0 Å². The Bertz CT molecular complexity index is 1120. The van der Waals surface area contributed by atoms with Crippen molar-refractivity contribution in [3.05, 3.63) is 65.4 Å². The van der Waals surface area contributed by atoms with Crippen molar-refractivity contribution in [2.24, 2.45) is 0 Å². The molecule has 2 aromatic carbocycles. The summed E-state index contributed by atoms with van der Waals surface area (Å²) in [6.45, 7) is 2.34. The Labute approximate surface area is 174 Å². The third-order valence-corrected chi connectivity index (χ3v) is 6.17. The van der Waals surface area contributed by atoms with Crippen molar-refractivity contribution in [2.45, 2.75) is 29.7 Å². The maximum absolute atomic E-state index is 12.9. The molecule has 0 saturated heterocycles. The molecule has 152 valence electrons. The van der Waals surface area contributed by atoms with Crippen LogP contribution in [0.2, 0.25) is 5.02 Å². The predicted molar refractivity (Wildman–Crippen MR) is 110 cm³/mol. The minimum Gasteiger partial charge on any atom is -0.497 e. The van der Waals surface area contributed by atoms with Crippen LogP contribution in [0.15, 0.2) is 64.6 Å². The zero-order valence-electron chi connectivity index (χ0n) is 15.9. The van der Waals surface area contributed by atoms with Crippen LogP contribution in [0.1, 0.15) is 12.0 Å². The lowest BCUT2D eigenvalue weighted by Gasteiger charge is -2.11. The number of hydrogen-bond donors (Lipinski definition) is 1. The lowest BCUT2D eigenvalue weighted by molar-refractivity contribution is -0.116. The fourth-order valence-corrected chi connectivity index (χ4v) is 4.14. The SMILES string of the molecule is COc1cc(NC(=O)CCn2cc(C)cn2)cc(S(=O)(=O)c2ccc(Cl)cc2)c1. The number of carbonyl (C=O) groups is 1. The number of nitrogens with one attached hydrogen (secondary N) is 1. The quantitative estimate of drug-likeness (QED) is 0.613. The highest BCUT2D eigenvalue weighted by atomic mass is 35.5. The number of anilines is 1. The topological polar surface area (TPSA) is 90.3 Å². The monoisotopic (exact) mass is 433 g/mol. The first-order valence-electron chi connectivity index (χ1n) is 8.76. The molecular weight excluding hydrogens is 414 g/mol. The molecule has 1 N–H and O–H groups in total. The van der Waals surface area contributed by atoms with Crippen LogP contribution in [-0.2, 0) is 21.2 Å². The average Bonchev–Trinajstić information content (AvgIpc) is 3.11. The van der Waals surface area contributed by atoms with Gasteiger partial charge in [0.1, 0.15) is 5.75 Å². The van der Waals surface area contributed by atoms with Gasteiger partial charge in [-0.15, -0.1) is 0 Å². The number of sulfone groups is 1. The van der Waals surface area contributed by atoms with Gasteiger partial charge >= 0.3 is 0 Å². The minimum atomic E-state index is -3.80. The van der Waals surface area contributed by atoms with E-state index < -0.39 is 9.84 Å². The number of halogens is 1. The number of nitrogens with zero attached hydrogens (tertiary/aromatic N) is 2. The van der Waals surface area contributed by atoms with Gasteiger partial charge in [0, 0.05) is 35.9 Å². The molecule has 0 fully saturated rings. The summed E-state index contributed by atoms with van der Waals surface area (Å²) in [5.41, 5.74) is 1.34. The van der Waals surface area contributed by atoms with Crippen LogP contribution >= 0.6 is 11.6 Å². The Balaban J connectivity index is 1.81. The van der Waals surface area contributed by atoms with E-state index in [1.54, 1.807) is 16.9 Å².